The fourth-order valence-electron chi connectivity index (χ4n) is 3.66. The van der Waals surface area contributed by atoms with Crippen LogP contribution in [0.4, 0.5) is 5.69 Å². The molecule has 6 heteroatoms. The molecule has 0 spiro atoms. The molecule has 1 fully saturated rings. The monoisotopic (exact) mass is 359 g/mol. The van der Waals surface area contributed by atoms with Gasteiger partial charge in [-0.05, 0) is 56.0 Å². The fourth-order valence-corrected chi connectivity index (χ4v) is 3.66. The molecule has 0 saturated carbocycles. The van der Waals surface area contributed by atoms with Crippen LogP contribution in [0.3, 0.4) is 0 Å². The van der Waals surface area contributed by atoms with Gasteiger partial charge in [-0.2, -0.15) is 0 Å². The van der Waals surface area contributed by atoms with Crippen LogP contribution in [0.15, 0.2) is 18.2 Å². The van der Waals surface area contributed by atoms with E-state index < -0.39 is 0 Å². The summed E-state index contributed by atoms with van der Waals surface area (Å²) in [6.45, 7) is 5.39. The Labute approximate surface area is 155 Å². The minimum atomic E-state index is 0.0683. The van der Waals surface area contributed by atoms with E-state index in [2.05, 4.69) is 17.6 Å². The van der Waals surface area contributed by atoms with E-state index in [-0.39, 0.29) is 11.8 Å². The van der Waals surface area contributed by atoms with Gasteiger partial charge in [-0.15, -0.1) is 0 Å². The molecule has 0 aliphatic carbocycles. The SMILES string of the molecule is CCCN(C(=O)CCCOc1ccc2c(c1)CCC(=O)N2)C1CCNC1. The zero-order valence-corrected chi connectivity index (χ0v) is 15.6. The van der Waals surface area contributed by atoms with E-state index in [0.717, 1.165) is 55.9 Å². The first kappa shape index (κ1) is 18.7. The van der Waals surface area contributed by atoms with E-state index in [1.807, 2.05) is 23.1 Å². The normalized spacial score (nSPS) is 19.0. The zero-order chi connectivity index (χ0) is 18.4. The van der Waals surface area contributed by atoms with Crippen LogP contribution in [0.1, 0.15) is 44.6 Å². The van der Waals surface area contributed by atoms with Crippen LogP contribution >= 0.6 is 0 Å². The van der Waals surface area contributed by atoms with Crippen LogP contribution in [-0.2, 0) is 16.0 Å². The summed E-state index contributed by atoms with van der Waals surface area (Å²) in [7, 11) is 0. The molecule has 1 aromatic rings. The third-order valence-corrected chi connectivity index (χ3v) is 5.04. The molecule has 1 saturated heterocycles. The summed E-state index contributed by atoms with van der Waals surface area (Å²) in [5.41, 5.74) is 1.99. The van der Waals surface area contributed by atoms with E-state index in [4.69, 9.17) is 4.74 Å². The summed E-state index contributed by atoms with van der Waals surface area (Å²) in [5.74, 6) is 1.11. The highest BCUT2D eigenvalue weighted by atomic mass is 16.5. The zero-order valence-electron chi connectivity index (χ0n) is 15.6. The fraction of sp³-hybridized carbons (Fsp3) is 0.600. The summed E-state index contributed by atoms with van der Waals surface area (Å²) < 4.78 is 5.82. The van der Waals surface area contributed by atoms with Gasteiger partial charge in [-0.25, -0.2) is 0 Å². The number of anilines is 1. The Kier molecular flexibility index (Phi) is 6.50. The second-order valence-electron chi connectivity index (χ2n) is 7.05. The number of nitrogens with one attached hydrogen (secondary N) is 2. The largest absolute Gasteiger partial charge is 0.494 e. The summed E-state index contributed by atoms with van der Waals surface area (Å²) >= 11 is 0. The first-order valence-electron chi connectivity index (χ1n) is 9.73. The molecular formula is C20H29N3O3. The summed E-state index contributed by atoms with van der Waals surface area (Å²) in [4.78, 5) is 26.0. The molecule has 0 aromatic heterocycles. The van der Waals surface area contributed by atoms with Crippen molar-refractivity contribution in [2.24, 2.45) is 0 Å². The van der Waals surface area contributed by atoms with E-state index in [0.29, 0.717) is 31.9 Å². The summed E-state index contributed by atoms with van der Waals surface area (Å²) in [6.07, 6.45) is 4.55. The number of fused-ring (bicyclic) bond motifs is 1. The van der Waals surface area contributed by atoms with Gasteiger partial charge in [0, 0.05) is 37.7 Å². The maximum Gasteiger partial charge on any atom is 0.224 e. The smallest absolute Gasteiger partial charge is 0.224 e. The third kappa shape index (κ3) is 4.75. The number of benzene rings is 1. The van der Waals surface area contributed by atoms with Gasteiger partial charge in [-0.3, -0.25) is 9.59 Å². The van der Waals surface area contributed by atoms with Gasteiger partial charge in [-0.1, -0.05) is 6.92 Å². The molecule has 142 valence electrons. The predicted octanol–water partition coefficient (Wildman–Crippen LogP) is 2.33. The molecule has 0 bridgehead atoms. The highest BCUT2D eigenvalue weighted by Crippen LogP contribution is 2.26. The number of ether oxygens (including phenoxy) is 1. The van der Waals surface area contributed by atoms with E-state index >= 15 is 0 Å². The van der Waals surface area contributed by atoms with Crippen LogP contribution in [-0.4, -0.2) is 49.0 Å². The van der Waals surface area contributed by atoms with Crippen molar-refractivity contribution in [1.29, 1.82) is 0 Å². The lowest BCUT2D eigenvalue weighted by Crippen LogP contribution is -2.42. The number of nitrogens with zero attached hydrogens (tertiary/aromatic N) is 1. The molecule has 2 heterocycles. The van der Waals surface area contributed by atoms with Crippen molar-refractivity contribution < 1.29 is 14.3 Å². The Hall–Kier alpha value is -2.08. The lowest BCUT2D eigenvalue weighted by Gasteiger charge is -2.28. The van der Waals surface area contributed by atoms with Gasteiger partial charge in [0.05, 0.1) is 6.61 Å². The lowest BCUT2D eigenvalue weighted by molar-refractivity contribution is -0.133. The number of hydrogen-bond donors (Lipinski definition) is 2. The highest BCUT2D eigenvalue weighted by Gasteiger charge is 2.25. The van der Waals surface area contributed by atoms with Crippen molar-refractivity contribution in [3.63, 3.8) is 0 Å². The van der Waals surface area contributed by atoms with Crippen LogP contribution in [0.5, 0.6) is 5.75 Å². The Balaban J connectivity index is 1.44. The van der Waals surface area contributed by atoms with E-state index in [9.17, 15) is 9.59 Å². The van der Waals surface area contributed by atoms with E-state index in [1.54, 1.807) is 0 Å². The molecule has 2 aliphatic heterocycles. The molecule has 3 rings (SSSR count). The molecule has 1 unspecified atom stereocenters. The van der Waals surface area contributed by atoms with Crippen LogP contribution in [0.25, 0.3) is 0 Å². The van der Waals surface area contributed by atoms with Gasteiger partial charge < -0.3 is 20.3 Å². The Morgan fingerprint density at radius 2 is 2.23 bits per heavy atom. The first-order chi connectivity index (χ1) is 12.7. The first-order valence-corrected chi connectivity index (χ1v) is 9.73. The maximum absolute atomic E-state index is 12.6. The number of carbonyl (C=O) groups is 2. The van der Waals surface area contributed by atoms with Crippen molar-refractivity contribution in [2.45, 2.75) is 51.5 Å². The van der Waals surface area contributed by atoms with E-state index in [1.165, 1.54) is 0 Å². The second kappa shape index (κ2) is 9.03. The van der Waals surface area contributed by atoms with Gasteiger partial charge >= 0.3 is 0 Å². The van der Waals surface area contributed by atoms with Crippen molar-refractivity contribution in [3.05, 3.63) is 23.8 Å². The van der Waals surface area contributed by atoms with Gasteiger partial charge in [0.1, 0.15) is 5.75 Å². The molecule has 2 amide bonds. The van der Waals surface area contributed by atoms with Crippen molar-refractivity contribution in [2.75, 3.05) is 31.6 Å². The molecule has 2 N–H and O–H groups in total. The predicted molar refractivity (Wildman–Crippen MR) is 101 cm³/mol. The van der Waals surface area contributed by atoms with Crippen LogP contribution in [0.2, 0.25) is 0 Å². The van der Waals surface area contributed by atoms with Crippen LogP contribution in [0, 0.1) is 0 Å². The van der Waals surface area contributed by atoms with Gasteiger partial charge in [0.2, 0.25) is 11.8 Å². The average Bonchev–Trinajstić information content (AvgIpc) is 3.17. The van der Waals surface area contributed by atoms with Crippen molar-refractivity contribution in [1.82, 2.24) is 10.2 Å². The summed E-state index contributed by atoms with van der Waals surface area (Å²) in [5, 5.41) is 6.21. The third-order valence-electron chi connectivity index (χ3n) is 5.04. The molecule has 1 aromatic carbocycles. The molecule has 1 atom stereocenters. The molecule has 6 nitrogen and oxygen atoms in total. The number of amides is 2. The second-order valence-corrected chi connectivity index (χ2v) is 7.05. The molecule has 2 aliphatic rings. The minimum absolute atomic E-state index is 0.0683. The molecular weight excluding hydrogens is 330 g/mol. The Morgan fingerprint density at radius 3 is 3.00 bits per heavy atom. The van der Waals surface area contributed by atoms with Crippen LogP contribution < -0.4 is 15.4 Å². The average molecular weight is 359 g/mol. The number of rotatable bonds is 8. The molecule has 0 radical (unpaired) electrons. The lowest BCUT2D eigenvalue weighted by atomic mass is 10.0. The minimum Gasteiger partial charge on any atom is -0.494 e. The van der Waals surface area contributed by atoms with Gasteiger partial charge in [0.15, 0.2) is 0 Å². The Bertz CT molecular complexity index is 641. The number of hydrogen-bond acceptors (Lipinski definition) is 4. The van der Waals surface area contributed by atoms with Crippen molar-refractivity contribution >= 4 is 17.5 Å². The maximum atomic E-state index is 12.6. The standard InChI is InChI=1S/C20H29N3O3/c1-2-11-23(16-9-10-21-14-16)20(25)4-3-12-26-17-6-7-18-15(13-17)5-8-19(24)22-18/h6-7,13,16,21H,2-5,8-12,14H2,1H3,(H,22,24). The topological polar surface area (TPSA) is 70.7 Å². The molecule has 26 heavy (non-hydrogen) atoms. The number of aryl methyl sites for hydroxylation is 1. The quantitative estimate of drug-likeness (QED) is 0.699. The number of carbonyl (C=O) groups excluding carboxylic acids is 2. The highest BCUT2D eigenvalue weighted by molar-refractivity contribution is 5.94. The van der Waals surface area contributed by atoms with Gasteiger partial charge in [0.25, 0.3) is 0 Å². The van der Waals surface area contributed by atoms with Crippen molar-refractivity contribution in [3.8, 4) is 5.75 Å². The Morgan fingerprint density at radius 1 is 1.35 bits per heavy atom. The summed E-state index contributed by atoms with van der Waals surface area (Å²) in [6, 6.07) is 6.10.